The maximum atomic E-state index is 12.3. The van der Waals surface area contributed by atoms with Crippen LogP contribution in [-0.2, 0) is 14.3 Å². The summed E-state index contributed by atoms with van der Waals surface area (Å²) in [6.07, 6.45) is 1.44. The lowest BCUT2D eigenvalue weighted by atomic mass is 10.3. The summed E-state index contributed by atoms with van der Waals surface area (Å²) in [5, 5.41) is 0. The van der Waals surface area contributed by atoms with E-state index in [1.165, 1.54) is 6.26 Å². The highest BCUT2D eigenvalue weighted by atomic mass is 16.6. The Kier molecular flexibility index (Phi) is 7.31. The lowest BCUT2D eigenvalue weighted by molar-refractivity contribution is -0.154. The molecule has 0 N–H and O–H groups in total. The summed E-state index contributed by atoms with van der Waals surface area (Å²) >= 11 is 0. The van der Waals surface area contributed by atoms with Crippen LogP contribution in [0.5, 0.6) is 11.5 Å². The Balaban J connectivity index is 1.38. The zero-order valence-electron chi connectivity index (χ0n) is 16.7. The van der Waals surface area contributed by atoms with Gasteiger partial charge in [-0.25, -0.2) is 4.79 Å². The molecule has 0 unspecified atom stereocenters. The first-order chi connectivity index (χ1) is 14.6. The van der Waals surface area contributed by atoms with Crippen molar-refractivity contribution in [1.82, 2.24) is 9.80 Å². The molecule has 1 aromatic carbocycles. The average molecular weight is 416 g/mol. The lowest BCUT2D eigenvalue weighted by Gasteiger charge is -2.34. The molecule has 3 rings (SSSR count). The van der Waals surface area contributed by atoms with E-state index in [2.05, 4.69) is 0 Å². The van der Waals surface area contributed by atoms with E-state index in [0.717, 1.165) is 0 Å². The number of furan rings is 1. The van der Waals surface area contributed by atoms with E-state index in [9.17, 15) is 14.4 Å². The standard InChI is InChI=1S/C21H24N2O7/c1-2-27-16-6-3-4-7-17(16)29-15-20(25)30-14-19(24)22-9-11-23(12-10-22)21(26)18-8-5-13-28-18/h3-8,13H,2,9-12,14-15H2,1H3. The Labute approximate surface area is 174 Å². The van der Waals surface area contributed by atoms with Gasteiger partial charge in [-0.1, -0.05) is 12.1 Å². The number of benzene rings is 1. The molecule has 9 nitrogen and oxygen atoms in total. The van der Waals surface area contributed by atoms with Crippen molar-refractivity contribution in [3.05, 3.63) is 48.4 Å². The topological polar surface area (TPSA) is 98.5 Å². The molecule has 0 radical (unpaired) electrons. The molecule has 1 fully saturated rings. The Morgan fingerprint density at radius 3 is 2.20 bits per heavy atom. The Morgan fingerprint density at radius 2 is 1.57 bits per heavy atom. The number of ether oxygens (including phenoxy) is 3. The monoisotopic (exact) mass is 416 g/mol. The van der Waals surface area contributed by atoms with Crippen LogP contribution < -0.4 is 9.47 Å². The molecule has 1 aromatic heterocycles. The molecule has 0 aliphatic carbocycles. The van der Waals surface area contributed by atoms with Crippen LogP contribution in [0.4, 0.5) is 0 Å². The minimum absolute atomic E-state index is 0.206. The van der Waals surface area contributed by atoms with E-state index in [0.29, 0.717) is 44.3 Å². The van der Waals surface area contributed by atoms with Crippen molar-refractivity contribution in [3.63, 3.8) is 0 Å². The second-order valence-corrected chi connectivity index (χ2v) is 6.48. The number of carbonyl (C=O) groups excluding carboxylic acids is 3. The van der Waals surface area contributed by atoms with Gasteiger partial charge in [0.05, 0.1) is 12.9 Å². The summed E-state index contributed by atoms with van der Waals surface area (Å²) in [6, 6.07) is 10.3. The minimum atomic E-state index is -0.652. The fraction of sp³-hybridized carbons (Fsp3) is 0.381. The molecule has 9 heteroatoms. The molecule has 0 bridgehead atoms. The van der Waals surface area contributed by atoms with Crippen molar-refractivity contribution in [2.45, 2.75) is 6.92 Å². The molecule has 1 aliphatic heterocycles. The molecular formula is C21H24N2O7. The maximum Gasteiger partial charge on any atom is 0.344 e. The number of carbonyl (C=O) groups is 3. The van der Waals surface area contributed by atoms with E-state index in [-0.39, 0.29) is 30.8 Å². The largest absolute Gasteiger partial charge is 0.490 e. The minimum Gasteiger partial charge on any atom is -0.490 e. The summed E-state index contributed by atoms with van der Waals surface area (Å²) in [5.41, 5.74) is 0. The van der Waals surface area contributed by atoms with Crippen LogP contribution in [0.25, 0.3) is 0 Å². The van der Waals surface area contributed by atoms with Gasteiger partial charge in [0, 0.05) is 26.2 Å². The van der Waals surface area contributed by atoms with Crippen LogP contribution in [0.1, 0.15) is 17.5 Å². The quantitative estimate of drug-likeness (QED) is 0.603. The van der Waals surface area contributed by atoms with Gasteiger partial charge >= 0.3 is 5.97 Å². The van der Waals surface area contributed by atoms with Crippen LogP contribution >= 0.6 is 0 Å². The first-order valence-corrected chi connectivity index (χ1v) is 9.69. The zero-order chi connectivity index (χ0) is 21.3. The van der Waals surface area contributed by atoms with E-state index in [4.69, 9.17) is 18.6 Å². The Hall–Kier alpha value is -3.49. The predicted molar refractivity (Wildman–Crippen MR) is 105 cm³/mol. The third-order valence-corrected chi connectivity index (χ3v) is 4.50. The number of amides is 2. The fourth-order valence-corrected chi connectivity index (χ4v) is 2.97. The number of piperazine rings is 1. The van der Waals surface area contributed by atoms with Crippen molar-refractivity contribution < 1.29 is 33.0 Å². The van der Waals surface area contributed by atoms with Gasteiger partial charge in [0.2, 0.25) is 0 Å². The normalized spacial score (nSPS) is 13.6. The van der Waals surface area contributed by atoms with Crippen molar-refractivity contribution in [2.75, 3.05) is 46.0 Å². The highest BCUT2D eigenvalue weighted by Crippen LogP contribution is 2.26. The van der Waals surface area contributed by atoms with Gasteiger partial charge in [-0.05, 0) is 31.2 Å². The first-order valence-electron chi connectivity index (χ1n) is 9.69. The van der Waals surface area contributed by atoms with Crippen molar-refractivity contribution in [3.8, 4) is 11.5 Å². The third-order valence-electron chi connectivity index (χ3n) is 4.50. The van der Waals surface area contributed by atoms with Gasteiger partial charge in [-0.2, -0.15) is 0 Å². The molecule has 1 saturated heterocycles. The summed E-state index contributed by atoms with van der Waals surface area (Å²) < 4.78 is 21.0. The molecule has 2 heterocycles. The molecule has 0 atom stereocenters. The number of nitrogens with zero attached hydrogens (tertiary/aromatic N) is 2. The smallest absolute Gasteiger partial charge is 0.344 e. The molecular weight excluding hydrogens is 392 g/mol. The molecule has 0 spiro atoms. The van der Waals surface area contributed by atoms with Crippen LogP contribution in [-0.4, -0.2) is 73.6 Å². The van der Waals surface area contributed by atoms with E-state index in [1.807, 2.05) is 6.92 Å². The van der Waals surface area contributed by atoms with Crippen LogP contribution in [0.3, 0.4) is 0 Å². The highest BCUT2D eigenvalue weighted by Gasteiger charge is 2.26. The molecule has 2 aromatic rings. The Bertz CT molecular complexity index is 858. The summed E-state index contributed by atoms with van der Waals surface area (Å²) in [7, 11) is 0. The maximum absolute atomic E-state index is 12.3. The van der Waals surface area contributed by atoms with E-state index < -0.39 is 5.97 Å². The van der Waals surface area contributed by atoms with Gasteiger partial charge in [0.15, 0.2) is 30.5 Å². The number of hydrogen-bond donors (Lipinski definition) is 0. The average Bonchev–Trinajstić information content (AvgIpc) is 3.31. The lowest BCUT2D eigenvalue weighted by Crippen LogP contribution is -2.51. The molecule has 160 valence electrons. The zero-order valence-corrected chi connectivity index (χ0v) is 16.7. The van der Waals surface area contributed by atoms with Crippen LogP contribution in [0, 0.1) is 0 Å². The number of para-hydroxylation sites is 2. The first kappa shape index (κ1) is 21.2. The van der Waals surface area contributed by atoms with Crippen molar-refractivity contribution in [2.24, 2.45) is 0 Å². The van der Waals surface area contributed by atoms with Gasteiger partial charge in [0.25, 0.3) is 11.8 Å². The summed E-state index contributed by atoms with van der Waals surface area (Å²) in [4.78, 5) is 39.6. The molecule has 0 saturated carbocycles. The van der Waals surface area contributed by atoms with Crippen LogP contribution in [0.15, 0.2) is 47.1 Å². The summed E-state index contributed by atoms with van der Waals surface area (Å²) in [5.74, 6) is 0.0629. The molecule has 1 aliphatic rings. The molecule has 30 heavy (non-hydrogen) atoms. The van der Waals surface area contributed by atoms with Crippen molar-refractivity contribution in [1.29, 1.82) is 0 Å². The van der Waals surface area contributed by atoms with Gasteiger partial charge in [-0.3, -0.25) is 9.59 Å². The highest BCUT2D eigenvalue weighted by molar-refractivity contribution is 5.91. The van der Waals surface area contributed by atoms with Gasteiger partial charge < -0.3 is 28.4 Å². The predicted octanol–water partition coefficient (Wildman–Crippen LogP) is 1.58. The fourth-order valence-electron chi connectivity index (χ4n) is 2.97. The SMILES string of the molecule is CCOc1ccccc1OCC(=O)OCC(=O)N1CCN(C(=O)c2ccco2)CC1. The number of rotatable bonds is 8. The number of hydrogen-bond acceptors (Lipinski definition) is 7. The van der Waals surface area contributed by atoms with Crippen molar-refractivity contribution >= 4 is 17.8 Å². The van der Waals surface area contributed by atoms with Crippen LogP contribution in [0.2, 0.25) is 0 Å². The second kappa shape index (κ2) is 10.3. The third kappa shape index (κ3) is 5.53. The van der Waals surface area contributed by atoms with Gasteiger partial charge in [-0.15, -0.1) is 0 Å². The second-order valence-electron chi connectivity index (χ2n) is 6.48. The van der Waals surface area contributed by atoms with E-state index in [1.54, 1.807) is 46.2 Å². The molecule has 2 amide bonds. The van der Waals surface area contributed by atoms with Gasteiger partial charge in [0.1, 0.15) is 0 Å². The Morgan fingerprint density at radius 1 is 0.900 bits per heavy atom. The summed E-state index contributed by atoms with van der Waals surface area (Å²) in [6.45, 7) is 3.11. The van der Waals surface area contributed by atoms with E-state index >= 15 is 0 Å². The number of esters is 1.